The van der Waals surface area contributed by atoms with Crippen LogP contribution in [-0.2, 0) is 11.3 Å². The van der Waals surface area contributed by atoms with E-state index in [0.717, 1.165) is 10.3 Å². The average molecular weight is 367 g/mol. The van der Waals surface area contributed by atoms with Crippen molar-refractivity contribution in [1.82, 2.24) is 9.55 Å². The number of benzene rings is 2. The van der Waals surface area contributed by atoms with Gasteiger partial charge in [0, 0.05) is 18.7 Å². The second kappa shape index (κ2) is 8.35. The van der Waals surface area contributed by atoms with Crippen LogP contribution in [0.5, 0.6) is 5.75 Å². The molecule has 0 bridgehead atoms. The summed E-state index contributed by atoms with van der Waals surface area (Å²) in [6, 6.07) is 14.0. The first-order valence-corrected chi connectivity index (χ1v) is 8.83. The fourth-order valence-corrected chi connectivity index (χ4v) is 2.82. The van der Waals surface area contributed by atoms with Gasteiger partial charge in [-0.15, -0.1) is 0 Å². The maximum Gasteiger partial charge on any atom is 0.328 e. The number of fused-ring (bicyclic) bond motifs is 1. The number of anilines is 1. The zero-order chi connectivity index (χ0) is 19.2. The zero-order valence-electron chi connectivity index (χ0n) is 15.0. The Morgan fingerprint density at radius 3 is 2.59 bits per heavy atom. The summed E-state index contributed by atoms with van der Waals surface area (Å²) < 4.78 is 6.49. The lowest BCUT2D eigenvalue weighted by atomic mass is 10.2. The van der Waals surface area contributed by atoms with E-state index in [9.17, 15) is 14.4 Å². The Balaban J connectivity index is 1.59. The molecule has 1 amide bonds. The first kappa shape index (κ1) is 18.4. The molecule has 140 valence electrons. The molecule has 0 spiro atoms. The summed E-state index contributed by atoms with van der Waals surface area (Å²) in [6.45, 7) is 2.66. The van der Waals surface area contributed by atoms with Gasteiger partial charge in [-0.25, -0.2) is 4.79 Å². The van der Waals surface area contributed by atoms with Gasteiger partial charge in [0.25, 0.3) is 5.56 Å². The first-order valence-electron chi connectivity index (χ1n) is 8.83. The number of nitrogens with one attached hydrogen (secondary N) is 2. The minimum Gasteiger partial charge on any atom is -0.494 e. The minimum atomic E-state index is -0.467. The largest absolute Gasteiger partial charge is 0.494 e. The highest BCUT2D eigenvalue weighted by Gasteiger charge is 2.08. The van der Waals surface area contributed by atoms with Crippen molar-refractivity contribution < 1.29 is 9.53 Å². The third-order valence-corrected chi connectivity index (χ3v) is 4.12. The Labute approximate surface area is 155 Å². The van der Waals surface area contributed by atoms with Gasteiger partial charge in [0.2, 0.25) is 5.91 Å². The van der Waals surface area contributed by atoms with Crippen LogP contribution in [0.1, 0.15) is 19.8 Å². The number of para-hydroxylation sites is 1. The van der Waals surface area contributed by atoms with Crippen LogP contribution in [0.15, 0.2) is 58.1 Å². The zero-order valence-corrected chi connectivity index (χ0v) is 15.0. The van der Waals surface area contributed by atoms with Crippen molar-refractivity contribution in [3.05, 3.63) is 69.4 Å². The molecule has 0 unspecified atom stereocenters. The van der Waals surface area contributed by atoms with Gasteiger partial charge in [-0.2, -0.15) is 0 Å². The number of ether oxygens (including phenoxy) is 1. The Hall–Kier alpha value is -3.35. The molecule has 7 nitrogen and oxygen atoms in total. The van der Waals surface area contributed by atoms with Crippen LogP contribution in [0.3, 0.4) is 0 Å². The third-order valence-electron chi connectivity index (χ3n) is 4.12. The molecule has 2 N–H and O–H groups in total. The van der Waals surface area contributed by atoms with Crippen LogP contribution in [-0.4, -0.2) is 22.1 Å². The fourth-order valence-electron chi connectivity index (χ4n) is 2.82. The van der Waals surface area contributed by atoms with Crippen LogP contribution in [0, 0.1) is 0 Å². The number of aromatic nitrogens is 2. The van der Waals surface area contributed by atoms with E-state index in [1.807, 2.05) is 6.92 Å². The van der Waals surface area contributed by atoms with E-state index in [0.29, 0.717) is 29.6 Å². The summed E-state index contributed by atoms with van der Waals surface area (Å²) in [5.74, 6) is 0.565. The van der Waals surface area contributed by atoms with Gasteiger partial charge in [0.15, 0.2) is 0 Å². The lowest BCUT2D eigenvalue weighted by Crippen LogP contribution is -2.35. The molecule has 1 heterocycles. The molecule has 0 saturated heterocycles. The summed E-state index contributed by atoms with van der Waals surface area (Å²) in [6.07, 6.45) is 0.579. The monoisotopic (exact) mass is 367 g/mol. The van der Waals surface area contributed by atoms with Crippen LogP contribution >= 0.6 is 0 Å². The van der Waals surface area contributed by atoms with E-state index in [4.69, 9.17) is 4.74 Å². The molecule has 0 fully saturated rings. The van der Waals surface area contributed by atoms with E-state index in [1.165, 1.54) is 0 Å². The Bertz CT molecular complexity index is 1050. The number of amides is 1. The van der Waals surface area contributed by atoms with Crippen LogP contribution in [0.2, 0.25) is 0 Å². The summed E-state index contributed by atoms with van der Waals surface area (Å²) >= 11 is 0. The van der Waals surface area contributed by atoms with E-state index < -0.39 is 5.69 Å². The van der Waals surface area contributed by atoms with Gasteiger partial charge in [-0.05, 0) is 49.7 Å². The number of rotatable bonds is 7. The van der Waals surface area contributed by atoms with Crippen LogP contribution in [0.4, 0.5) is 5.69 Å². The Morgan fingerprint density at radius 1 is 1.11 bits per heavy atom. The van der Waals surface area contributed by atoms with Crippen molar-refractivity contribution in [2.24, 2.45) is 0 Å². The Kier molecular flexibility index (Phi) is 5.71. The molecule has 0 aliphatic heterocycles. The van der Waals surface area contributed by atoms with Gasteiger partial charge in [-0.1, -0.05) is 12.1 Å². The minimum absolute atomic E-state index is 0.176. The maximum atomic E-state index is 12.4. The third kappa shape index (κ3) is 4.44. The standard InChI is InChI=1S/C20H21N3O4/c1-2-27-15-11-9-14(10-12-15)21-18(24)8-5-13-23-19(25)16-6-3-4-7-17(16)22-20(23)26/h3-4,6-7,9-12H,2,5,8,13H2,1H3,(H,21,24)(H,22,26). The highest BCUT2D eigenvalue weighted by atomic mass is 16.5. The average Bonchev–Trinajstić information content (AvgIpc) is 2.66. The molecule has 1 aromatic heterocycles. The van der Waals surface area contributed by atoms with Crippen LogP contribution in [0.25, 0.3) is 10.9 Å². The molecule has 27 heavy (non-hydrogen) atoms. The van der Waals surface area contributed by atoms with Crippen molar-refractivity contribution >= 4 is 22.5 Å². The van der Waals surface area contributed by atoms with E-state index >= 15 is 0 Å². The Morgan fingerprint density at radius 2 is 1.85 bits per heavy atom. The fraction of sp³-hybridized carbons (Fsp3) is 0.250. The molecule has 3 rings (SSSR count). The molecule has 0 saturated carbocycles. The molecular weight excluding hydrogens is 346 g/mol. The van der Waals surface area contributed by atoms with E-state index in [1.54, 1.807) is 48.5 Å². The van der Waals surface area contributed by atoms with Gasteiger partial charge >= 0.3 is 5.69 Å². The first-order chi connectivity index (χ1) is 13.1. The highest BCUT2D eigenvalue weighted by Crippen LogP contribution is 2.15. The summed E-state index contributed by atoms with van der Waals surface area (Å²) in [7, 11) is 0. The molecule has 7 heteroatoms. The van der Waals surface area contributed by atoms with Gasteiger partial charge in [-0.3, -0.25) is 14.2 Å². The van der Waals surface area contributed by atoms with E-state index in [-0.39, 0.29) is 24.4 Å². The van der Waals surface area contributed by atoms with Gasteiger partial charge < -0.3 is 15.0 Å². The van der Waals surface area contributed by atoms with Crippen molar-refractivity contribution in [3.8, 4) is 5.75 Å². The second-order valence-electron chi connectivity index (χ2n) is 6.04. The maximum absolute atomic E-state index is 12.4. The predicted molar refractivity (Wildman–Crippen MR) is 104 cm³/mol. The quantitative estimate of drug-likeness (QED) is 0.671. The number of aromatic amines is 1. The molecule has 0 aliphatic rings. The summed E-state index contributed by atoms with van der Waals surface area (Å²) in [5, 5.41) is 3.24. The van der Waals surface area contributed by atoms with Gasteiger partial charge in [0.05, 0.1) is 17.5 Å². The number of hydrogen-bond acceptors (Lipinski definition) is 4. The van der Waals surface area contributed by atoms with Crippen LogP contribution < -0.4 is 21.3 Å². The topological polar surface area (TPSA) is 93.2 Å². The SMILES string of the molecule is CCOc1ccc(NC(=O)CCCn2c(=O)[nH]c3ccccc3c2=O)cc1. The normalized spacial score (nSPS) is 10.7. The molecule has 3 aromatic rings. The number of carbonyl (C=O) groups excluding carboxylic acids is 1. The van der Waals surface area contributed by atoms with Crippen molar-refractivity contribution in [2.45, 2.75) is 26.3 Å². The number of carbonyl (C=O) groups is 1. The van der Waals surface area contributed by atoms with E-state index in [2.05, 4.69) is 10.3 Å². The highest BCUT2D eigenvalue weighted by molar-refractivity contribution is 5.90. The number of H-pyrrole nitrogens is 1. The smallest absolute Gasteiger partial charge is 0.328 e. The molecule has 0 aliphatic carbocycles. The second-order valence-corrected chi connectivity index (χ2v) is 6.04. The lowest BCUT2D eigenvalue weighted by Gasteiger charge is -2.08. The summed E-state index contributed by atoms with van der Waals surface area (Å²) in [5.41, 5.74) is 0.369. The predicted octanol–water partition coefficient (Wildman–Crippen LogP) is 2.51. The van der Waals surface area contributed by atoms with Crippen molar-refractivity contribution in [3.63, 3.8) is 0 Å². The molecule has 0 atom stereocenters. The summed E-state index contributed by atoms with van der Waals surface area (Å²) in [4.78, 5) is 39.3. The van der Waals surface area contributed by atoms with Crippen molar-refractivity contribution in [1.29, 1.82) is 0 Å². The van der Waals surface area contributed by atoms with Gasteiger partial charge in [0.1, 0.15) is 5.75 Å². The van der Waals surface area contributed by atoms with Crippen molar-refractivity contribution in [2.75, 3.05) is 11.9 Å². The number of nitrogens with zero attached hydrogens (tertiary/aromatic N) is 1. The molecular formula is C20H21N3O4. The number of hydrogen-bond donors (Lipinski definition) is 2. The molecule has 0 radical (unpaired) electrons. The molecule has 2 aromatic carbocycles. The lowest BCUT2D eigenvalue weighted by molar-refractivity contribution is -0.116.